The molecule has 0 saturated heterocycles. The summed E-state index contributed by atoms with van der Waals surface area (Å²) in [5.74, 6) is 0.822. The molecule has 2 atom stereocenters. The van der Waals surface area contributed by atoms with E-state index in [4.69, 9.17) is 0 Å². The van der Waals surface area contributed by atoms with Gasteiger partial charge in [-0.05, 0) is 51.1 Å². The molecule has 0 amide bonds. The normalized spacial score (nSPS) is 22.3. The first kappa shape index (κ1) is 16.5. The second-order valence-corrected chi connectivity index (χ2v) is 6.76. The van der Waals surface area contributed by atoms with E-state index in [2.05, 4.69) is 61.3 Å². The standard InChI is InChI=1S/C19H32N2/c1-4-13-20-19-12-8-11-18(19)15-21(16(2)3)14-17-9-6-5-7-10-17/h5-7,9-10,16,18-20H,4,8,11-15H2,1-3H3. The van der Waals surface area contributed by atoms with Crippen LogP contribution in [-0.2, 0) is 6.54 Å². The minimum Gasteiger partial charge on any atom is -0.314 e. The van der Waals surface area contributed by atoms with Gasteiger partial charge in [0.2, 0.25) is 0 Å². The summed E-state index contributed by atoms with van der Waals surface area (Å²) in [5.41, 5.74) is 1.43. The van der Waals surface area contributed by atoms with E-state index < -0.39 is 0 Å². The highest BCUT2D eigenvalue weighted by molar-refractivity contribution is 5.14. The van der Waals surface area contributed by atoms with Gasteiger partial charge >= 0.3 is 0 Å². The van der Waals surface area contributed by atoms with Crippen molar-refractivity contribution in [2.75, 3.05) is 13.1 Å². The van der Waals surface area contributed by atoms with Gasteiger partial charge in [-0.2, -0.15) is 0 Å². The van der Waals surface area contributed by atoms with Crippen molar-refractivity contribution in [3.63, 3.8) is 0 Å². The Morgan fingerprint density at radius 2 is 1.95 bits per heavy atom. The molecule has 0 aliphatic heterocycles. The highest BCUT2D eigenvalue weighted by atomic mass is 15.2. The molecular formula is C19H32N2. The van der Waals surface area contributed by atoms with Crippen LogP contribution in [0, 0.1) is 5.92 Å². The Morgan fingerprint density at radius 1 is 1.19 bits per heavy atom. The predicted octanol–water partition coefficient (Wildman–Crippen LogP) is 4.07. The molecule has 2 nitrogen and oxygen atoms in total. The molecule has 0 radical (unpaired) electrons. The minimum atomic E-state index is 0.609. The average molecular weight is 288 g/mol. The lowest BCUT2D eigenvalue weighted by Gasteiger charge is -2.32. The Labute approximate surface area is 130 Å². The van der Waals surface area contributed by atoms with Crippen LogP contribution in [0.3, 0.4) is 0 Å². The van der Waals surface area contributed by atoms with Crippen LogP contribution in [0.15, 0.2) is 30.3 Å². The molecule has 1 fully saturated rings. The van der Waals surface area contributed by atoms with Crippen LogP contribution < -0.4 is 5.32 Å². The second-order valence-electron chi connectivity index (χ2n) is 6.76. The third kappa shape index (κ3) is 5.12. The monoisotopic (exact) mass is 288 g/mol. The van der Waals surface area contributed by atoms with Gasteiger partial charge in [-0.1, -0.05) is 43.7 Å². The van der Waals surface area contributed by atoms with Gasteiger partial charge in [0.25, 0.3) is 0 Å². The maximum Gasteiger partial charge on any atom is 0.0236 e. The predicted molar refractivity (Wildman–Crippen MR) is 91.4 cm³/mol. The minimum absolute atomic E-state index is 0.609. The summed E-state index contributed by atoms with van der Waals surface area (Å²) >= 11 is 0. The summed E-state index contributed by atoms with van der Waals surface area (Å²) in [6.07, 6.45) is 5.38. The zero-order valence-corrected chi connectivity index (χ0v) is 14.0. The van der Waals surface area contributed by atoms with Gasteiger partial charge in [0.1, 0.15) is 0 Å². The van der Waals surface area contributed by atoms with Crippen LogP contribution >= 0.6 is 0 Å². The van der Waals surface area contributed by atoms with E-state index in [-0.39, 0.29) is 0 Å². The van der Waals surface area contributed by atoms with Crippen molar-refractivity contribution < 1.29 is 0 Å². The molecule has 1 aliphatic rings. The first-order valence-corrected chi connectivity index (χ1v) is 8.72. The van der Waals surface area contributed by atoms with Crippen molar-refractivity contribution in [1.29, 1.82) is 0 Å². The molecule has 118 valence electrons. The molecule has 2 unspecified atom stereocenters. The molecule has 2 rings (SSSR count). The van der Waals surface area contributed by atoms with Gasteiger partial charge in [-0.3, -0.25) is 4.90 Å². The number of hydrogen-bond donors (Lipinski definition) is 1. The number of rotatable bonds is 8. The van der Waals surface area contributed by atoms with E-state index >= 15 is 0 Å². The Hall–Kier alpha value is -0.860. The van der Waals surface area contributed by atoms with Crippen molar-refractivity contribution in [3.05, 3.63) is 35.9 Å². The molecule has 1 saturated carbocycles. The third-order valence-electron chi connectivity index (χ3n) is 4.74. The highest BCUT2D eigenvalue weighted by Gasteiger charge is 2.28. The van der Waals surface area contributed by atoms with E-state index in [1.54, 1.807) is 0 Å². The van der Waals surface area contributed by atoms with Crippen LogP contribution in [0.4, 0.5) is 0 Å². The van der Waals surface area contributed by atoms with Gasteiger partial charge < -0.3 is 5.32 Å². The van der Waals surface area contributed by atoms with Crippen LogP contribution in [0.25, 0.3) is 0 Å². The maximum atomic E-state index is 3.76. The van der Waals surface area contributed by atoms with E-state index in [1.165, 1.54) is 44.3 Å². The van der Waals surface area contributed by atoms with Crippen molar-refractivity contribution in [2.45, 2.75) is 65.1 Å². The van der Waals surface area contributed by atoms with Crippen LogP contribution in [-0.4, -0.2) is 30.1 Å². The number of hydrogen-bond acceptors (Lipinski definition) is 2. The molecule has 0 aromatic heterocycles. The number of nitrogens with zero attached hydrogens (tertiary/aromatic N) is 1. The van der Waals surface area contributed by atoms with E-state index in [9.17, 15) is 0 Å². The molecule has 1 N–H and O–H groups in total. The van der Waals surface area contributed by atoms with Crippen molar-refractivity contribution in [3.8, 4) is 0 Å². The molecule has 0 heterocycles. The summed E-state index contributed by atoms with van der Waals surface area (Å²) < 4.78 is 0. The lowest BCUT2D eigenvalue weighted by atomic mass is 10.0. The lowest BCUT2D eigenvalue weighted by molar-refractivity contribution is 0.167. The van der Waals surface area contributed by atoms with Crippen molar-refractivity contribution in [1.82, 2.24) is 10.2 Å². The van der Waals surface area contributed by atoms with Gasteiger partial charge in [0, 0.05) is 25.2 Å². The fourth-order valence-electron chi connectivity index (χ4n) is 3.43. The molecular weight excluding hydrogens is 256 g/mol. The third-order valence-corrected chi connectivity index (χ3v) is 4.74. The highest BCUT2D eigenvalue weighted by Crippen LogP contribution is 2.27. The first-order chi connectivity index (χ1) is 10.2. The lowest BCUT2D eigenvalue weighted by Crippen LogP contribution is -2.41. The van der Waals surface area contributed by atoms with Gasteiger partial charge in [-0.15, -0.1) is 0 Å². The Morgan fingerprint density at radius 3 is 2.62 bits per heavy atom. The van der Waals surface area contributed by atoms with Gasteiger partial charge in [0.15, 0.2) is 0 Å². The fourth-order valence-corrected chi connectivity index (χ4v) is 3.43. The van der Waals surface area contributed by atoms with E-state index in [0.29, 0.717) is 6.04 Å². The molecule has 21 heavy (non-hydrogen) atoms. The molecule has 0 spiro atoms. The van der Waals surface area contributed by atoms with Crippen molar-refractivity contribution in [2.24, 2.45) is 5.92 Å². The van der Waals surface area contributed by atoms with E-state index in [0.717, 1.165) is 18.5 Å². The molecule has 1 aromatic carbocycles. The summed E-state index contributed by atoms with van der Waals surface area (Å²) in [6.45, 7) is 10.4. The largest absolute Gasteiger partial charge is 0.314 e. The summed E-state index contributed by atoms with van der Waals surface area (Å²) in [7, 11) is 0. The van der Waals surface area contributed by atoms with Gasteiger partial charge in [-0.25, -0.2) is 0 Å². The Balaban J connectivity index is 1.92. The topological polar surface area (TPSA) is 15.3 Å². The fraction of sp³-hybridized carbons (Fsp3) is 0.684. The molecule has 0 bridgehead atoms. The number of nitrogens with one attached hydrogen (secondary N) is 1. The molecule has 1 aliphatic carbocycles. The van der Waals surface area contributed by atoms with Crippen LogP contribution in [0.5, 0.6) is 0 Å². The van der Waals surface area contributed by atoms with Crippen LogP contribution in [0.1, 0.15) is 52.0 Å². The first-order valence-electron chi connectivity index (χ1n) is 8.72. The zero-order chi connectivity index (χ0) is 15.1. The van der Waals surface area contributed by atoms with Gasteiger partial charge in [0.05, 0.1) is 0 Å². The van der Waals surface area contributed by atoms with Crippen LogP contribution in [0.2, 0.25) is 0 Å². The summed E-state index contributed by atoms with van der Waals surface area (Å²) in [4.78, 5) is 2.64. The maximum absolute atomic E-state index is 3.76. The quantitative estimate of drug-likeness (QED) is 0.776. The molecule has 2 heteroatoms. The van der Waals surface area contributed by atoms with E-state index in [1.807, 2.05) is 0 Å². The average Bonchev–Trinajstić information content (AvgIpc) is 2.92. The zero-order valence-electron chi connectivity index (χ0n) is 14.0. The summed E-state index contributed by atoms with van der Waals surface area (Å²) in [5, 5.41) is 3.76. The Kier molecular flexibility index (Phi) is 6.72. The molecule has 1 aromatic rings. The second kappa shape index (κ2) is 8.55. The number of benzene rings is 1. The van der Waals surface area contributed by atoms with Crippen molar-refractivity contribution >= 4 is 0 Å². The summed E-state index contributed by atoms with van der Waals surface area (Å²) in [6, 6.07) is 12.2. The Bertz CT molecular complexity index is 388. The smallest absolute Gasteiger partial charge is 0.0236 e. The SMILES string of the molecule is CCCNC1CCCC1CN(Cc1ccccc1)C(C)C.